The molecule has 38 heavy (non-hydrogen) atoms. The molecular weight excluding hydrogens is 496 g/mol. The van der Waals surface area contributed by atoms with Crippen molar-refractivity contribution in [3.63, 3.8) is 0 Å². The molecular formula is C24H28N8O6. The Kier molecular flexibility index (Phi) is 6.92. The molecule has 3 aromatic rings. The topological polar surface area (TPSA) is 174 Å². The molecule has 0 aliphatic heterocycles. The molecule has 0 bridgehead atoms. The van der Waals surface area contributed by atoms with Gasteiger partial charge in [0, 0.05) is 37.2 Å². The lowest BCUT2D eigenvalue weighted by Gasteiger charge is -2.16. The van der Waals surface area contributed by atoms with Gasteiger partial charge in [-0.15, -0.1) is 10.2 Å². The summed E-state index contributed by atoms with van der Waals surface area (Å²) in [6.45, 7) is -2.79. The van der Waals surface area contributed by atoms with Gasteiger partial charge in [0.05, 0.1) is 30.6 Å². The third-order valence-electron chi connectivity index (χ3n) is 5.58. The highest BCUT2D eigenvalue weighted by Gasteiger charge is 2.30. The second-order valence-electron chi connectivity index (χ2n) is 8.42. The van der Waals surface area contributed by atoms with Gasteiger partial charge in [-0.1, -0.05) is 11.2 Å². The van der Waals surface area contributed by atoms with Crippen molar-refractivity contribution in [3.05, 3.63) is 35.8 Å². The molecule has 1 aliphatic rings. The van der Waals surface area contributed by atoms with Crippen LogP contribution in [-0.2, 0) is 20.9 Å². The van der Waals surface area contributed by atoms with Gasteiger partial charge < -0.3 is 34.8 Å². The van der Waals surface area contributed by atoms with E-state index in [0.29, 0.717) is 11.3 Å². The fourth-order valence-electron chi connectivity index (χ4n) is 3.48. The minimum atomic E-state index is -2.77. The van der Waals surface area contributed by atoms with Crippen molar-refractivity contribution in [1.29, 1.82) is 0 Å². The molecule has 3 N–H and O–H groups in total. The van der Waals surface area contributed by atoms with Gasteiger partial charge in [0.25, 0.3) is 11.8 Å². The number of ether oxygens (including phenoxy) is 2. The second-order valence-corrected chi connectivity index (χ2v) is 8.42. The van der Waals surface area contributed by atoms with E-state index in [4.69, 9.17) is 18.1 Å². The van der Waals surface area contributed by atoms with Gasteiger partial charge in [-0.3, -0.25) is 14.4 Å². The quantitative estimate of drug-likeness (QED) is 0.330. The van der Waals surface area contributed by atoms with Crippen LogP contribution in [0.5, 0.6) is 5.75 Å². The van der Waals surface area contributed by atoms with E-state index < -0.39 is 12.9 Å². The van der Waals surface area contributed by atoms with Crippen LogP contribution in [0.4, 0.5) is 17.2 Å². The molecule has 0 radical (unpaired) electrons. The zero-order valence-corrected chi connectivity index (χ0v) is 20.9. The number of amides is 3. The highest BCUT2D eigenvalue weighted by molar-refractivity contribution is 6.00. The molecule has 1 aromatic carbocycles. The number of para-hydroxylation sites is 1. The zero-order valence-electron chi connectivity index (χ0n) is 23.9. The molecule has 14 nitrogen and oxygen atoms in total. The number of hydrogen-bond acceptors (Lipinski definition) is 11. The number of anilines is 3. The Balaban J connectivity index is 1.65. The molecule has 0 spiro atoms. The summed E-state index contributed by atoms with van der Waals surface area (Å²) in [5.41, 5.74) is 0.432. The first-order chi connectivity index (χ1) is 19.5. The third kappa shape index (κ3) is 6.03. The first-order valence-electron chi connectivity index (χ1n) is 13.0. The number of carbonyl (C=O) groups excluding carboxylic acids is 3. The molecule has 2 heterocycles. The van der Waals surface area contributed by atoms with Crippen LogP contribution >= 0.6 is 0 Å². The molecule has 1 saturated carbocycles. The van der Waals surface area contributed by atoms with E-state index in [1.165, 1.54) is 25.2 Å². The predicted octanol–water partition coefficient (Wildman–Crippen LogP) is 1.59. The Labute approximate surface area is 222 Å². The number of carbonyl (C=O) groups is 3. The summed E-state index contributed by atoms with van der Waals surface area (Å²) >= 11 is 0. The van der Waals surface area contributed by atoms with Gasteiger partial charge in [-0.25, -0.2) is 0 Å². The summed E-state index contributed by atoms with van der Waals surface area (Å²) in [6, 6.07) is 6.32. The van der Waals surface area contributed by atoms with E-state index in [9.17, 15) is 14.4 Å². The van der Waals surface area contributed by atoms with E-state index in [2.05, 4.69) is 31.0 Å². The van der Waals surface area contributed by atoms with Crippen LogP contribution in [0.3, 0.4) is 0 Å². The highest BCUT2D eigenvalue weighted by atomic mass is 16.5. The van der Waals surface area contributed by atoms with Crippen molar-refractivity contribution in [2.24, 2.45) is 5.92 Å². The van der Waals surface area contributed by atoms with E-state index in [-0.39, 0.29) is 65.5 Å². The summed E-state index contributed by atoms with van der Waals surface area (Å²) in [6.07, 6.45) is 1.54. The first kappa shape index (κ1) is 22.6. The first-order valence-corrected chi connectivity index (χ1v) is 11.5. The normalized spacial score (nSPS) is 14.0. The Hall–Kier alpha value is -4.59. The lowest BCUT2D eigenvalue weighted by Crippen LogP contribution is -2.29. The minimum absolute atomic E-state index is 0.0489. The largest absolute Gasteiger partial charge is 0.494 e. The maximum Gasteiger partial charge on any atom is 0.273 e. The highest BCUT2D eigenvalue weighted by Crippen LogP contribution is 2.38. The second kappa shape index (κ2) is 11.6. The van der Waals surface area contributed by atoms with E-state index >= 15 is 0 Å². The lowest BCUT2D eigenvalue weighted by atomic mass is 10.1. The number of likely N-dealkylation sites (N-methyl/N-ethyl adjacent to an activating group) is 1. The zero-order chi connectivity index (χ0) is 29.7. The molecule has 4 rings (SSSR count). The van der Waals surface area contributed by atoms with Crippen molar-refractivity contribution in [2.75, 3.05) is 45.5 Å². The minimum Gasteiger partial charge on any atom is -0.494 e. The molecule has 0 saturated heterocycles. The van der Waals surface area contributed by atoms with Crippen LogP contribution in [0, 0.1) is 5.92 Å². The number of methoxy groups -OCH3 is 2. The van der Waals surface area contributed by atoms with Gasteiger partial charge in [0.15, 0.2) is 23.1 Å². The Morgan fingerprint density at radius 2 is 2.03 bits per heavy atom. The molecule has 0 atom stereocenters. The Bertz CT molecular complexity index is 1440. The van der Waals surface area contributed by atoms with Gasteiger partial charge in [-0.05, 0) is 25.0 Å². The number of rotatable bonds is 11. The molecule has 200 valence electrons. The molecule has 1 aliphatic carbocycles. The summed E-state index contributed by atoms with van der Waals surface area (Å²) in [4.78, 5) is 42.8. The molecule has 3 amide bonds. The average molecular weight is 528 g/mol. The van der Waals surface area contributed by atoms with Gasteiger partial charge in [0.1, 0.15) is 6.61 Å². The fraction of sp³-hybridized carbons (Fsp3) is 0.375. The van der Waals surface area contributed by atoms with Crippen molar-refractivity contribution >= 4 is 34.9 Å². The van der Waals surface area contributed by atoms with Gasteiger partial charge >= 0.3 is 0 Å². The van der Waals surface area contributed by atoms with E-state index in [1.54, 1.807) is 25.2 Å². The molecule has 2 aromatic heterocycles. The number of nitrogens with zero attached hydrogens (tertiary/aromatic N) is 5. The summed E-state index contributed by atoms with van der Waals surface area (Å²) in [5.74, 6) is -0.966. The molecule has 1 fully saturated rings. The standard InChI is InChI=1S/C24H28N8O6/c1-25-23(35)20-16(10-17(29-30-20)27-22(34)13-8-9-13)26-15-7-5-6-14(21(15)37-4)24-28-18(31-38-24)11-32(2)19(33)12-36-3/h5-7,10,13H,8-9,11-12H2,1-4H3,(H,25,35)(H2,26,27,29,34)/i1D3. The maximum atomic E-state index is 12.7. The van der Waals surface area contributed by atoms with Gasteiger partial charge in [0.2, 0.25) is 11.8 Å². The predicted molar refractivity (Wildman–Crippen MR) is 135 cm³/mol. The van der Waals surface area contributed by atoms with Crippen LogP contribution in [0.2, 0.25) is 0 Å². The van der Waals surface area contributed by atoms with Crippen molar-refractivity contribution < 1.29 is 32.5 Å². The Morgan fingerprint density at radius 3 is 2.74 bits per heavy atom. The molecule has 0 unspecified atom stereocenters. The molecule has 14 heteroatoms. The fourth-order valence-corrected chi connectivity index (χ4v) is 3.48. The maximum absolute atomic E-state index is 12.7. The summed E-state index contributed by atoms with van der Waals surface area (Å²) < 4.78 is 38.0. The number of aromatic nitrogens is 4. The number of nitrogens with one attached hydrogen (secondary N) is 3. The van der Waals surface area contributed by atoms with Crippen molar-refractivity contribution in [3.8, 4) is 17.2 Å². The third-order valence-corrected chi connectivity index (χ3v) is 5.58. The summed E-state index contributed by atoms with van der Waals surface area (Å²) in [5, 5.41) is 19.2. The van der Waals surface area contributed by atoms with Crippen molar-refractivity contribution in [1.82, 2.24) is 30.6 Å². The van der Waals surface area contributed by atoms with Crippen molar-refractivity contribution in [2.45, 2.75) is 19.4 Å². The van der Waals surface area contributed by atoms with E-state index in [0.717, 1.165) is 12.8 Å². The van der Waals surface area contributed by atoms with Crippen LogP contribution in [0.1, 0.15) is 33.3 Å². The van der Waals surface area contributed by atoms with Crippen LogP contribution in [-0.4, -0.2) is 77.8 Å². The Morgan fingerprint density at radius 1 is 1.21 bits per heavy atom. The summed E-state index contributed by atoms with van der Waals surface area (Å²) in [7, 11) is 4.40. The van der Waals surface area contributed by atoms with Gasteiger partial charge in [-0.2, -0.15) is 4.98 Å². The van der Waals surface area contributed by atoms with Crippen LogP contribution in [0.15, 0.2) is 28.8 Å². The number of hydrogen-bond donors (Lipinski definition) is 3. The average Bonchev–Trinajstić information content (AvgIpc) is 3.67. The SMILES string of the molecule is [2H]C([2H])([2H])NC(=O)c1nnc(NC(=O)C2CC2)cc1Nc1cccc(-c2nc(CN(C)C(=O)COC)no2)c1OC. The monoisotopic (exact) mass is 527 g/mol. The van der Waals surface area contributed by atoms with E-state index in [1.807, 2.05) is 5.32 Å². The smallest absolute Gasteiger partial charge is 0.273 e. The number of benzene rings is 1. The van der Waals surface area contributed by atoms with Crippen LogP contribution in [0.25, 0.3) is 11.5 Å². The van der Waals surface area contributed by atoms with Crippen LogP contribution < -0.4 is 20.7 Å². The lowest BCUT2D eigenvalue weighted by molar-refractivity contribution is -0.134.